The zero-order chi connectivity index (χ0) is 10.4. The van der Waals surface area contributed by atoms with Gasteiger partial charge in [0.2, 0.25) is 6.10 Å². The Morgan fingerprint density at radius 2 is 1.92 bits per heavy atom. The fourth-order valence-corrected chi connectivity index (χ4v) is 0.811. The highest BCUT2D eigenvalue weighted by molar-refractivity contribution is 6.01. The number of rotatable bonds is 5. The van der Waals surface area contributed by atoms with Crippen LogP contribution in [0.1, 0.15) is 26.7 Å². The SMILES string of the molecule is COC(=O)C(O)C(=O)CCC(C)C. The van der Waals surface area contributed by atoms with Gasteiger partial charge in [0.25, 0.3) is 0 Å². The monoisotopic (exact) mass is 188 g/mol. The average molecular weight is 188 g/mol. The number of hydrogen-bond donors (Lipinski definition) is 1. The van der Waals surface area contributed by atoms with E-state index < -0.39 is 17.9 Å². The van der Waals surface area contributed by atoms with E-state index in [0.29, 0.717) is 12.3 Å². The maximum atomic E-state index is 11.1. The van der Waals surface area contributed by atoms with Gasteiger partial charge in [-0.25, -0.2) is 4.79 Å². The summed E-state index contributed by atoms with van der Waals surface area (Å²) in [5.74, 6) is -0.969. The zero-order valence-corrected chi connectivity index (χ0v) is 8.24. The van der Waals surface area contributed by atoms with Crippen molar-refractivity contribution in [3.63, 3.8) is 0 Å². The van der Waals surface area contributed by atoms with Gasteiger partial charge >= 0.3 is 5.97 Å². The van der Waals surface area contributed by atoms with Gasteiger partial charge in [0.15, 0.2) is 5.78 Å². The molecule has 0 aliphatic rings. The Labute approximate surface area is 77.9 Å². The minimum atomic E-state index is -1.61. The first-order valence-corrected chi connectivity index (χ1v) is 4.27. The van der Waals surface area contributed by atoms with Crippen molar-refractivity contribution in [2.45, 2.75) is 32.8 Å². The first-order valence-electron chi connectivity index (χ1n) is 4.27. The van der Waals surface area contributed by atoms with Crippen molar-refractivity contribution in [2.24, 2.45) is 5.92 Å². The summed E-state index contributed by atoms with van der Waals surface area (Å²) < 4.78 is 4.23. The molecule has 0 aliphatic heterocycles. The number of methoxy groups -OCH3 is 1. The molecule has 13 heavy (non-hydrogen) atoms. The Balaban J connectivity index is 3.90. The van der Waals surface area contributed by atoms with Gasteiger partial charge in [0.05, 0.1) is 7.11 Å². The van der Waals surface area contributed by atoms with E-state index in [1.165, 1.54) is 0 Å². The van der Waals surface area contributed by atoms with Crippen molar-refractivity contribution >= 4 is 11.8 Å². The fourth-order valence-electron chi connectivity index (χ4n) is 0.811. The van der Waals surface area contributed by atoms with Crippen LogP contribution in [0.5, 0.6) is 0 Å². The number of Topliss-reactive ketones (excluding diaryl/α,β-unsaturated/α-hetero) is 1. The first kappa shape index (κ1) is 12.1. The van der Waals surface area contributed by atoms with Crippen LogP contribution in [0.3, 0.4) is 0 Å². The lowest BCUT2D eigenvalue weighted by Crippen LogP contribution is -2.30. The number of aliphatic hydroxyl groups excluding tert-OH is 1. The van der Waals surface area contributed by atoms with E-state index in [2.05, 4.69) is 4.74 Å². The number of aliphatic hydroxyl groups is 1. The van der Waals surface area contributed by atoms with Gasteiger partial charge in [-0.2, -0.15) is 0 Å². The van der Waals surface area contributed by atoms with E-state index in [4.69, 9.17) is 5.11 Å². The van der Waals surface area contributed by atoms with Crippen LogP contribution in [0.2, 0.25) is 0 Å². The molecule has 1 atom stereocenters. The normalized spacial score (nSPS) is 12.7. The van der Waals surface area contributed by atoms with E-state index in [-0.39, 0.29) is 6.42 Å². The van der Waals surface area contributed by atoms with Gasteiger partial charge in [-0.1, -0.05) is 13.8 Å². The number of ketones is 1. The lowest BCUT2D eigenvalue weighted by atomic mass is 10.0. The molecule has 0 spiro atoms. The molecule has 0 amide bonds. The van der Waals surface area contributed by atoms with E-state index >= 15 is 0 Å². The molecular formula is C9H16O4. The topological polar surface area (TPSA) is 63.6 Å². The predicted octanol–water partition coefficient (Wildman–Crippen LogP) is 0.526. The van der Waals surface area contributed by atoms with Crippen molar-refractivity contribution in [2.75, 3.05) is 7.11 Å². The molecule has 0 saturated heterocycles. The highest BCUT2D eigenvalue weighted by Crippen LogP contribution is 2.06. The Bertz CT molecular complexity index is 186. The molecule has 76 valence electrons. The molecule has 1 unspecified atom stereocenters. The number of carbonyl (C=O) groups is 2. The van der Waals surface area contributed by atoms with Crippen LogP contribution in [0, 0.1) is 5.92 Å². The minimum absolute atomic E-state index is 0.216. The maximum Gasteiger partial charge on any atom is 0.342 e. The predicted molar refractivity (Wildman–Crippen MR) is 47.1 cm³/mol. The summed E-state index contributed by atoms with van der Waals surface area (Å²) in [4.78, 5) is 21.8. The highest BCUT2D eigenvalue weighted by atomic mass is 16.5. The standard InChI is InChI=1S/C9H16O4/c1-6(2)4-5-7(10)8(11)9(12)13-3/h6,8,11H,4-5H2,1-3H3. The second-order valence-electron chi connectivity index (χ2n) is 3.32. The Morgan fingerprint density at radius 1 is 1.38 bits per heavy atom. The van der Waals surface area contributed by atoms with Gasteiger partial charge in [-0.3, -0.25) is 4.79 Å². The maximum absolute atomic E-state index is 11.1. The molecule has 0 aromatic carbocycles. The molecule has 0 radical (unpaired) electrons. The van der Waals surface area contributed by atoms with Crippen molar-refractivity contribution in [1.29, 1.82) is 0 Å². The largest absolute Gasteiger partial charge is 0.467 e. The molecule has 0 aliphatic carbocycles. The molecule has 0 bridgehead atoms. The summed E-state index contributed by atoms with van der Waals surface area (Å²) in [6, 6.07) is 0. The number of ether oxygens (including phenoxy) is 1. The molecule has 4 heteroatoms. The van der Waals surface area contributed by atoms with Crippen LogP contribution < -0.4 is 0 Å². The Kier molecular flexibility index (Phi) is 5.30. The van der Waals surface area contributed by atoms with Crippen molar-refractivity contribution in [3.05, 3.63) is 0 Å². The summed E-state index contributed by atoms with van der Waals surface area (Å²) in [7, 11) is 1.14. The second kappa shape index (κ2) is 5.70. The van der Waals surface area contributed by atoms with E-state index in [1.54, 1.807) is 0 Å². The highest BCUT2D eigenvalue weighted by Gasteiger charge is 2.23. The molecule has 0 aromatic heterocycles. The third-order valence-corrected chi connectivity index (χ3v) is 1.70. The Morgan fingerprint density at radius 3 is 2.31 bits per heavy atom. The zero-order valence-electron chi connectivity index (χ0n) is 8.24. The molecule has 0 heterocycles. The molecule has 0 aromatic rings. The van der Waals surface area contributed by atoms with Crippen LogP contribution in [-0.2, 0) is 14.3 Å². The van der Waals surface area contributed by atoms with Crippen LogP contribution in [0.25, 0.3) is 0 Å². The smallest absolute Gasteiger partial charge is 0.342 e. The molecule has 0 fully saturated rings. The molecular weight excluding hydrogens is 172 g/mol. The minimum Gasteiger partial charge on any atom is -0.467 e. The number of esters is 1. The summed E-state index contributed by atoms with van der Waals surface area (Å²) in [6.45, 7) is 3.94. The number of hydrogen-bond acceptors (Lipinski definition) is 4. The Hall–Kier alpha value is -0.900. The molecule has 1 N–H and O–H groups in total. The molecule has 4 nitrogen and oxygen atoms in total. The van der Waals surface area contributed by atoms with Crippen molar-refractivity contribution < 1.29 is 19.4 Å². The third kappa shape index (κ3) is 4.62. The summed E-state index contributed by atoms with van der Waals surface area (Å²) >= 11 is 0. The van der Waals surface area contributed by atoms with Gasteiger partial charge in [-0.15, -0.1) is 0 Å². The van der Waals surface area contributed by atoms with Gasteiger partial charge < -0.3 is 9.84 Å². The van der Waals surface area contributed by atoms with Gasteiger partial charge in [0.1, 0.15) is 0 Å². The first-order chi connectivity index (χ1) is 5.99. The fraction of sp³-hybridized carbons (Fsp3) is 0.778. The summed E-state index contributed by atoms with van der Waals surface area (Å²) in [5.41, 5.74) is 0. The van der Waals surface area contributed by atoms with Crippen LogP contribution >= 0.6 is 0 Å². The van der Waals surface area contributed by atoms with E-state index in [0.717, 1.165) is 7.11 Å². The average Bonchev–Trinajstić information content (AvgIpc) is 2.11. The van der Waals surface area contributed by atoms with Gasteiger partial charge in [0, 0.05) is 6.42 Å². The van der Waals surface area contributed by atoms with Crippen LogP contribution in [0.4, 0.5) is 0 Å². The lowest BCUT2D eigenvalue weighted by molar-refractivity contribution is -0.155. The van der Waals surface area contributed by atoms with Gasteiger partial charge in [-0.05, 0) is 12.3 Å². The number of carbonyl (C=O) groups excluding carboxylic acids is 2. The summed E-state index contributed by atoms with van der Waals surface area (Å²) in [6.07, 6.45) is -0.718. The van der Waals surface area contributed by atoms with Crippen molar-refractivity contribution in [3.8, 4) is 0 Å². The van der Waals surface area contributed by atoms with E-state index in [1.807, 2.05) is 13.8 Å². The van der Waals surface area contributed by atoms with Crippen molar-refractivity contribution in [1.82, 2.24) is 0 Å². The van der Waals surface area contributed by atoms with E-state index in [9.17, 15) is 9.59 Å². The third-order valence-electron chi connectivity index (χ3n) is 1.70. The van der Waals surface area contributed by atoms with Crippen LogP contribution in [-0.4, -0.2) is 30.1 Å². The molecule has 0 rings (SSSR count). The lowest BCUT2D eigenvalue weighted by Gasteiger charge is -2.07. The second-order valence-corrected chi connectivity index (χ2v) is 3.32. The quantitative estimate of drug-likeness (QED) is 0.505. The van der Waals surface area contributed by atoms with Crippen LogP contribution in [0.15, 0.2) is 0 Å². The molecule has 0 saturated carbocycles. The summed E-state index contributed by atoms with van der Waals surface area (Å²) in [5, 5.41) is 9.08.